The summed E-state index contributed by atoms with van der Waals surface area (Å²) in [5, 5.41) is 18.6. The van der Waals surface area contributed by atoms with Crippen molar-refractivity contribution in [1.82, 2.24) is 15.1 Å². The van der Waals surface area contributed by atoms with E-state index in [1.165, 1.54) is 10.7 Å². The lowest BCUT2D eigenvalue weighted by atomic mass is 10.1. The molecule has 0 fully saturated rings. The number of amides is 1. The summed E-state index contributed by atoms with van der Waals surface area (Å²) in [7, 11) is 0. The van der Waals surface area contributed by atoms with E-state index in [-0.39, 0.29) is 37.5 Å². The van der Waals surface area contributed by atoms with Gasteiger partial charge in [-0.05, 0) is 31.4 Å². The van der Waals surface area contributed by atoms with Crippen molar-refractivity contribution in [3.63, 3.8) is 0 Å². The van der Waals surface area contributed by atoms with E-state index in [4.69, 9.17) is 5.11 Å². The van der Waals surface area contributed by atoms with Gasteiger partial charge >= 0.3 is 0 Å². The molecule has 130 valence electrons. The average molecular weight is 334 g/mol. The molecule has 0 radical (unpaired) electrons. The topological polar surface area (TPSA) is 79.2 Å². The molecule has 1 heterocycles. The molecule has 0 aliphatic heterocycles. The summed E-state index contributed by atoms with van der Waals surface area (Å²) < 4.78 is 15.1. The van der Waals surface area contributed by atoms with Gasteiger partial charge in [0.1, 0.15) is 12.4 Å². The fraction of sp³-hybridized carbons (Fsp3) is 0.412. The van der Waals surface area contributed by atoms with Crippen molar-refractivity contribution < 1.29 is 14.3 Å². The molecular formula is C17H23FN4O2. The Hall–Kier alpha value is -2.41. The molecule has 0 spiro atoms. The zero-order valence-corrected chi connectivity index (χ0v) is 13.7. The maximum Gasteiger partial charge on any atom is 0.241 e. The molecule has 3 N–H and O–H groups in total. The molecule has 0 saturated carbocycles. The zero-order valence-electron chi connectivity index (χ0n) is 13.7. The number of aromatic nitrogens is 2. The fourth-order valence-corrected chi connectivity index (χ4v) is 2.35. The van der Waals surface area contributed by atoms with E-state index in [2.05, 4.69) is 15.7 Å². The van der Waals surface area contributed by atoms with E-state index in [0.717, 1.165) is 12.1 Å². The predicted octanol–water partition coefficient (Wildman–Crippen LogP) is 1.56. The average Bonchev–Trinajstić information content (AvgIpc) is 2.99. The first-order valence-electron chi connectivity index (χ1n) is 7.98. The molecule has 0 bridgehead atoms. The third kappa shape index (κ3) is 5.66. The minimum Gasteiger partial charge on any atom is -0.395 e. The maximum atomic E-state index is 13.6. The highest BCUT2D eigenvalue weighted by atomic mass is 19.1. The van der Waals surface area contributed by atoms with E-state index in [0.29, 0.717) is 12.0 Å². The Morgan fingerprint density at radius 2 is 2.21 bits per heavy atom. The molecule has 1 unspecified atom stereocenters. The number of hydrogen-bond acceptors (Lipinski definition) is 4. The number of carbonyl (C=O) groups is 1. The van der Waals surface area contributed by atoms with Crippen molar-refractivity contribution in [2.24, 2.45) is 0 Å². The van der Waals surface area contributed by atoms with Crippen molar-refractivity contribution in [3.05, 3.63) is 48.0 Å². The quantitative estimate of drug-likeness (QED) is 0.650. The molecular weight excluding hydrogens is 311 g/mol. The summed E-state index contributed by atoms with van der Waals surface area (Å²) in [5.41, 5.74) is 1.52. The number of nitrogens with one attached hydrogen (secondary N) is 2. The lowest BCUT2D eigenvalue weighted by molar-refractivity contribution is -0.122. The van der Waals surface area contributed by atoms with Gasteiger partial charge in [-0.2, -0.15) is 5.10 Å². The van der Waals surface area contributed by atoms with Crippen LogP contribution in [0.5, 0.6) is 0 Å². The minimum atomic E-state index is -0.202. The van der Waals surface area contributed by atoms with Crippen molar-refractivity contribution in [3.8, 4) is 0 Å². The molecule has 1 atom stereocenters. The van der Waals surface area contributed by atoms with E-state index in [1.807, 2.05) is 13.0 Å². The van der Waals surface area contributed by atoms with E-state index in [1.54, 1.807) is 24.5 Å². The van der Waals surface area contributed by atoms with Crippen LogP contribution in [0.2, 0.25) is 0 Å². The highest BCUT2D eigenvalue weighted by Gasteiger charge is 2.08. The summed E-state index contributed by atoms with van der Waals surface area (Å²) >= 11 is 0. The van der Waals surface area contributed by atoms with Crippen LogP contribution in [0.15, 0.2) is 36.7 Å². The predicted molar refractivity (Wildman–Crippen MR) is 90.1 cm³/mol. The van der Waals surface area contributed by atoms with Crippen LogP contribution >= 0.6 is 0 Å². The standard InChI is InChI=1S/C17H23FN4O2/c1-13(6-7-14-4-2-3-5-16(14)18)21-15-10-20-22(11-15)12-17(24)19-8-9-23/h2-5,10-11,13,21,23H,6-9,12H2,1H3,(H,19,24). The Labute approximate surface area is 140 Å². The van der Waals surface area contributed by atoms with Crippen molar-refractivity contribution >= 4 is 11.6 Å². The van der Waals surface area contributed by atoms with E-state index in [9.17, 15) is 9.18 Å². The maximum absolute atomic E-state index is 13.6. The van der Waals surface area contributed by atoms with Crippen LogP contribution in [0, 0.1) is 5.82 Å². The van der Waals surface area contributed by atoms with Gasteiger partial charge < -0.3 is 15.7 Å². The number of carbonyl (C=O) groups excluding carboxylic acids is 1. The molecule has 6 nitrogen and oxygen atoms in total. The molecule has 0 saturated heterocycles. The van der Waals surface area contributed by atoms with Crippen molar-refractivity contribution in [2.45, 2.75) is 32.4 Å². The molecule has 0 aliphatic rings. The number of hydrogen-bond donors (Lipinski definition) is 3. The number of rotatable bonds is 9. The normalized spacial score (nSPS) is 12.0. The van der Waals surface area contributed by atoms with E-state index >= 15 is 0 Å². The monoisotopic (exact) mass is 334 g/mol. The Morgan fingerprint density at radius 1 is 1.42 bits per heavy atom. The second-order valence-electron chi connectivity index (χ2n) is 5.68. The molecule has 1 amide bonds. The van der Waals surface area contributed by atoms with Gasteiger partial charge in [-0.25, -0.2) is 4.39 Å². The first-order valence-corrected chi connectivity index (χ1v) is 7.98. The van der Waals surface area contributed by atoms with E-state index < -0.39 is 0 Å². The summed E-state index contributed by atoms with van der Waals surface area (Å²) in [6.45, 7) is 2.27. The molecule has 2 aromatic rings. The van der Waals surface area contributed by atoms with Crippen LogP contribution in [0.3, 0.4) is 0 Å². The van der Waals surface area contributed by atoms with Crippen LogP contribution in [0.4, 0.5) is 10.1 Å². The van der Waals surface area contributed by atoms with Gasteiger partial charge in [0.2, 0.25) is 5.91 Å². The number of aliphatic hydroxyl groups excluding tert-OH is 1. The Bertz CT molecular complexity index is 660. The smallest absolute Gasteiger partial charge is 0.241 e. The summed E-state index contributed by atoms with van der Waals surface area (Å²) in [4.78, 5) is 11.6. The molecule has 2 rings (SSSR count). The van der Waals surface area contributed by atoms with Crippen LogP contribution in [-0.2, 0) is 17.8 Å². The van der Waals surface area contributed by atoms with Crippen LogP contribution in [0.1, 0.15) is 18.9 Å². The van der Waals surface area contributed by atoms with Crippen LogP contribution in [0.25, 0.3) is 0 Å². The first-order chi connectivity index (χ1) is 11.6. The van der Waals surface area contributed by atoms with Crippen LogP contribution in [-0.4, -0.2) is 40.0 Å². The van der Waals surface area contributed by atoms with Gasteiger partial charge in [0, 0.05) is 18.8 Å². The van der Waals surface area contributed by atoms with Crippen molar-refractivity contribution in [2.75, 3.05) is 18.5 Å². The van der Waals surface area contributed by atoms with Crippen molar-refractivity contribution in [1.29, 1.82) is 0 Å². The highest BCUT2D eigenvalue weighted by molar-refractivity contribution is 5.75. The second-order valence-corrected chi connectivity index (χ2v) is 5.68. The molecule has 24 heavy (non-hydrogen) atoms. The second kappa shape index (κ2) is 9.02. The van der Waals surface area contributed by atoms with Gasteiger partial charge in [0.05, 0.1) is 18.5 Å². The largest absolute Gasteiger partial charge is 0.395 e. The summed E-state index contributed by atoms with van der Waals surface area (Å²) in [5.74, 6) is -0.377. The fourth-order valence-electron chi connectivity index (χ4n) is 2.35. The van der Waals surface area contributed by atoms with Gasteiger partial charge in [0.15, 0.2) is 0 Å². The number of anilines is 1. The minimum absolute atomic E-state index is 0.0861. The summed E-state index contributed by atoms with van der Waals surface area (Å²) in [6.07, 6.45) is 4.83. The van der Waals surface area contributed by atoms with Crippen LogP contribution < -0.4 is 10.6 Å². The SMILES string of the molecule is CC(CCc1ccccc1F)Nc1cnn(CC(=O)NCCO)c1. The number of aliphatic hydroxyl groups is 1. The summed E-state index contributed by atoms with van der Waals surface area (Å²) in [6, 6.07) is 6.93. The first kappa shape index (κ1) is 17.9. The third-order valence-electron chi connectivity index (χ3n) is 3.59. The van der Waals surface area contributed by atoms with Gasteiger partial charge in [-0.3, -0.25) is 9.48 Å². The van der Waals surface area contributed by atoms with Gasteiger partial charge in [-0.1, -0.05) is 18.2 Å². The Balaban J connectivity index is 1.79. The zero-order chi connectivity index (χ0) is 17.4. The van der Waals surface area contributed by atoms with Gasteiger partial charge in [0.25, 0.3) is 0 Å². The lowest BCUT2D eigenvalue weighted by Crippen LogP contribution is -2.30. The lowest BCUT2D eigenvalue weighted by Gasteiger charge is -2.13. The third-order valence-corrected chi connectivity index (χ3v) is 3.59. The molecule has 7 heteroatoms. The molecule has 1 aromatic heterocycles. The number of benzene rings is 1. The number of halogens is 1. The molecule has 1 aromatic carbocycles. The Kier molecular flexibility index (Phi) is 6.74. The Morgan fingerprint density at radius 3 is 2.96 bits per heavy atom. The number of aryl methyl sites for hydroxylation is 1. The number of nitrogens with zero attached hydrogens (tertiary/aromatic N) is 2. The highest BCUT2D eigenvalue weighted by Crippen LogP contribution is 2.13. The van der Waals surface area contributed by atoms with Gasteiger partial charge in [-0.15, -0.1) is 0 Å². The molecule has 0 aliphatic carbocycles.